The van der Waals surface area contributed by atoms with E-state index in [1.807, 2.05) is 60.7 Å². The first-order valence-corrected chi connectivity index (χ1v) is 9.16. The molecule has 0 spiro atoms. The molecule has 0 amide bonds. The zero-order chi connectivity index (χ0) is 18.1. The van der Waals surface area contributed by atoms with Crippen LogP contribution in [0, 0.1) is 11.3 Å². The summed E-state index contributed by atoms with van der Waals surface area (Å²) in [6.07, 6.45) is 1.02. The number of hydrogen-bond acceptors (Lipinski definition) is 4. The number of nitrogens with zero attached hydrogens (tertiary/aromatic N) is 1. The second-order valence-corrected chi connectivity index (χ2v) is 7.50. The fourth-order valence-electron chi connectivity index (χ4n) is 4.89. The molecule has 2 aromatic carbocycles. The minimum Gasteiger partial charge on any atom is -0.549 e. The minimum atomic E-state index is -1.13. The van der Waals surface area contributed by atoms with Crippen molar-refractivity contribution in [2.45, 2.75) is 25.3 Å². The second-order valence-electron chi connectivity index (χ2n) is 7.50. The van der Waals surface area contributed by atoms with Gasteiger partial charge in [0.25, 0.3) is 0 Å². The van der Waals surface area contributed by atoms with Crippen LogP contribution in [0.5, 0.6) is 0 Å². The van der Waals surface area contributed by atoms with Crippen molar-refractivity contribution in [2.75, 3.05) is 13.1 Å². The highest BCUT2D eigenvalue weighted by atomic mass is 16.4. The molecule has 2 aliphatic rings. The predicted molar refractivity (Wildman–Crippen MR) is 96.1 cm³/mol. The van der Waals surface area contributed by atoms with Crippen LogP contribution in [-0.2, 0) is 16.1 Å². The lowest BCUT2D eigenvalue weighted by Gasteiger charge is -2.45. The average molecular weight is 348 g/mol. The van der Waals surface area contributed by atoms with Gasteiger partial charge in [-0.25, -0.2) is 0 Å². The molecule has 4 heteroatoms. The number of carbonyl (C=O) groups is 2. The largest absolute Gasteiger partial charge is 0.549 e. The molecule has 1 aliphatic carbocycles. The normalized spacial score (nSPS) is 28.7. The summed E-state index contributed by atoms with van der Waals surface area (Å²) in [6, 6.07) is 19.7. The maximum absolute atomic E-state index is 12.6. The third kappa shape index (κ3) is 2.74. The molecule has 1 aliphatic heterocycles. The molecule has 1 heterocycles. The van der Waals surface area contributed by atoms with E-state index in [4.69, 9.17) is 0 Å². The summed E-state index contributed by atoms with van der Waals surface area (Å²) in [5.74, 6) is -1.69. The summed E-state index contributed by atoms with van der Waals surface area (Å²) >= 11 is 0. The quantitative estimate of drug-likeness (QED) is 0.848. The Morgan fingerprint density at radius 2 is 1.69 bits per heavy atom. The van der Waals surface area contributed by atoms with Crippen molar-refractivity contribution in [3.8, 4) is 0 Å². The summed E-state index contributed by atoms with van der Waals surface area (Å²) < 4.78 is 0. The zero-order valence-corrected chi connectivity index (χ0v) is 14.6. The number of carboxylic acids is 1. The van der Waals surface area contributed by atoms with E-state index in [0.717, 1.165) is 11.1 Å². The number of ketones is 1. The fraction of sp³-hybridized carbons (Fsp3) is 0.364. The van der Waals surface area contributed by atoms with E-state index in [1.165, 1.54) is 0 Å². The van der Waals surface area contributed by atoms with Gasteiger partial charge >= 0.3 is 0 Å². The predicted octanol–water partition coefficient (Wildman–Crippen LogP) is 2.00. The molecule has 1 saturated carbocycles. The highest BCUT2D eigenvalue weighted by Crippen LogP contribution is 2.53. The standard InChI is InChI=1S/C22H23NO3/c24-20-12-11-18(17-9-5-2-6-10-17)22(21(25)26)15-23(14-19(20)22)13-16-7-3-1-4-8-16/h1-10,18-19H,11-15H2,(H,25,26)/p-1. The Morgan fingerprint density at radius 3 is 2.35 bits per heavy atom. The molecule has 0 N–H and O–H groups in total. The number of fused-ring (bicyclic) bond motifs is 1. The first-order valence-electron chi connectivity index (χ1n) is 9.16. The number of Topliss-reactive ketones (excluding diaryl/α,β-unsaturated/α-hetero) is 1. The van der Waals surface area contributed by atoms with E-state index in [9.17, 15) is 14.7 Å². The molecule has 26 heavy (non-hydrogen) atoms. The monoisotopic (exact) mass is 348 g/mol. The van der Waals surface area contributed by atoms with Crippen molar-refractivity contribution in [3.05, 3.63) is 71.8 Å². The van der Waals surface area contributed by atoms with Gasteiger partial charge in [-0.1, -0.05) is 60.7 Å². The van der Waals surface area contributed by atoms with Gasteiger partial charge in [0.15, 0.2) is 0 Å². The third-order valence-corrected chi connectivity index (χ3v) is 6.07. The van der Waals surface area contributed by atoms with E-state index < -0.39 is 17.3 Å². The highest BCUT2D eigenvalue weighted by Gasteiger charge is 2.57. The average Bonchev–Trinajstić information content (AvgIpc) is 3.05. The minimum absolute atomic E-state index is 0.0666. The number of likely N-dealkylation sites (tertiary alicyclic amines) is 1. The lowest BCUT2D eigenvalue weighted by atomic mass is 9.59. The summed E-state index contributed by atoms with van der Waals surface area (Å²) in [4.78, 5) is 27.1. The van der Waals surface area contributed by atoms with Gasteiger partial charge in [0, 0.05) is 37.4 Å². The lowest BCUT2D eigenvalue weighted by Crippen LogP contribution is -2.55. The molecule has 2 fully saturated rings. The van der Waals surface area contributed by atoms with E-state index in [2.05, 4.69) is 4.90 Å². The summed E-state index contributed by atoms with van der Waals surface area (Å²) in [6.45, 7) is 1.51. The number of carbonyl (C=O) groups excluding carboxylic acids is 2. The second kappa shape index (κ2) is 6.69. The maximum atomic E-state index is 12.6. The van der Waals surface area contributed by atoms with Crippen molar-refractivity contribution in [3.63, 3.8) is 0 Å². The van der Waals surface area contributed by atoms with E-state index in [-0.39, 0.29) is 11.7 Å². The van der Waals surface area contributed by atoms with Crippen LogP contribution in [0.2, 0.25) is 0 Å². The molecule has 0 bridgehead atoms. The van der Waals surface area contributed by atoms with Gasteiger partial charge in [0.05, 0.1) is 5.97 Å². The molecule has 3 atom stereocenters. The van der Waals surface area contributed by atoms with Crippen LogP contribution in [0.1, 0.15) is 29.9 Å². The molecule has 0 radical (unpaired) electrons. The Balaban J connectivity index is 1.70. The topological polar surface area (TPSA) is 60.4 Å². The number of carboxylic acid groups (broad SMARTS) is 1. The summed E-state index contributed by atoms with van der Waals surface area (Å²) in [7, 11) is 0. The molecule has 0 aromatic heterocycles. The van der Waals surface area contributed by atoms with Gasteiger partial charge in [-0.05, 0) is 23.5 Å². The van der Waals surface area contributed by atoms with Crippen molar-refractivity contribution >= 4 is 11.8 Å². The van der Waals surface area contributed by atoms with Gasteiger partial charge in [-0.3, -0.25) is 9.69 Å². The number of hydrogen-bond donors (Lipinski definition) is 0. The van der Waals surface area contributed by atoms with Crippen LogP contribution in [0.15, 0.2) is 60.7 Å². The van der Waals surface area contributed by atoms with Crippen molar-refractivity contribution in [2.24, 2.45) is 11.3 Å². The Bertz CT molecular complexity index is 805. The molecule has 2 aromatic rings. The zero-order valence-electron chi connectivity index (χ0n) is 14.6. The molecular weight excluding hydrogens is 326 g/mol. The number of benzene rings is 2. The summed E-state index contributed by atoms with van der Waals surface area (Å²) in [5, 5.41) is 12.4. The molecule has 4 rings (SSSR count). The van der Waals surface area contributed by atoms with Crippen LogP contribution in [0.3, 0.4) is 0 Å². The van der Waals surface area contributed by atoms with Crippen LogP contribution in [0.4, 0.5) is 0 Å². The van der Waals surface area contributed by atoms with Crippen LogP contribution >= 0.6 is 0 Å². The first-order chi connectivity index (χ1) is 12.6. The first kappa shape index (κ1) is 17.0. The third-order valence-electron chi connectivity index (χ3n) is 6.07. The van der Waals surface area contributed by atoms with Gasteiger partial charge in [0.1, 0.15) is 5.78 Å². The van der Waals surface area contributed by atoms with Crippen molar-refractivity contribution in [1.29, 1.82) is 0 Å². The van der Waals surface area contributed by atoms with E-state index in [1.54, 1.807) is 0 Å². The number of rotatable bonds is 4. The van der Waals surface area contributed by atoms with Gasteiger partial charge in [-0.2, -0.15) is 0 Å². The summed E-state index contributed by atoms with van der Waals surface area (Å²) in [5.41, 5.74) is 0.991. The molecular formula is C22H22NO3-. The van der Waals surface area contributed by atoms with Crippen molar-refractivity contribution in [1.82, 2.24) is 4.90 Å². The van der Waals surface area contributed by atoms with Crippen LogP contribution in [-0.4, -0.2) is 29.7 Å². The molecule has 1 saturated heterocycles. The van der Waals surface area contributed by atoms with Gasteiger partial charge in [-0.15, -0.1) is 0 Å². The molecule has 3 unspecified atom stereocenters. The lowest BCUT2D eigenvalue weighted by molar-refractivity contribution is -0.322. The Labute approximate surface area is 153 Å². The van der Waals surface area contributed by atoms with Crippen molar-refractivity contribution < 1.29 is 14.7 Å². The fourth-order valence-corrected chi connectivity index (χ4v) is 4.89. The van der Waals surface area contributed by atoms with E-state index >= 15 is 0 Å². The molecule has 4 nitrogen and oxygen atoms in total. The van der Waals surface area contributed by atoms with E-state index in [0.29, 0.717) is 32.5 Å². The Hall–Kier alpha value is -2.46. The number of aliphatic carboxylic acids is 1. The Morgan fingerprint density at radius 1 is 1.04 bits per heavy atom. The SMILES string of the molecule is O=C1CCC(c2ccccc2)C2(C(=O)[O-])CN(Cc3ccccc3)CC12. The molecule has 134 valence electrons. The van der Waals surface area contributed by atoms with Crippen LogP contribution in [0.25, 0.3) is 0 Å². The van der Waals surface area contributed by atoms with Gasteiger partial charge < -0.3 is 9.90 Å². The maximum Gasteiger partial charge on any atom is 0.138 e. The highest BCUT2D eigenvalue weighted by molar-refractivity contribution is 5.91. The van der Waals surface area contributed by atoms with Crippen LogP contribution < -0.4 is 5.11 Å². The Kier molecular flexibility index (Phi) is 4.37. The van der Waals surface area contributed by atoms with Gasteiger partial charge in [0.2, 0.25) is 0 Å². The smallest absolute Gasteiger partial charge is 0.138 e.